The highest BCUT2D eigenvalue weighted by atomic mass is 127. The zero-order chi connectivity index (χ0) is 27.5. The first kappa shape index (κ1) is 31.4. The molecule has 1 aromatic heterocycles. The third-order valence-electron chi connectivity index (χ3n) is 8.31. The molecule has 4 heteroatoms. The Morgan fingerprint density at radius 1 is 0.512 bits per heavy atom. The minimum atomic E-state index is -1.67. The molecule has 5 aromatic rings. The minimum Gasteiger partial charge on any atom is -1.00 e. The van der Waals surface area contributed by atoms with Crippen LogP contribution in [-0.2, 0) is 6.54 Å². The van der Waals surface area contributed by atoms with Crippen LogP contribution < -0.4 is 39.9 Å². The number of aromatic nitrogens is 2. The normalized spacial score (nSPS) is 11.4. The summed E-state index contributed by atoms with van der Waals surface area (Å²) in [6.07, 6.45) is 13.2. The van der Waals surface area contributed by atoms with Crippen LogP contribution in [0.15, 0.2) is 115 Å². The van der Waals surface area contributed by atoms with Crippen LogP contribution in [0.3, 0.4) is 0 Å². The molecule has 41 heavy (non-hydrogen) atoms. The average Bonchev–Trinajstić information content (AvgIpc) is 3.34. The molecule has 0 saturated carbocycles. The van der Waals surface area contributed by atoms with Crippen LogP contribution >= 0.6 is 7.26 Å². The van der Waals surface area contributed by atoms with Crippen molar-refractivity contribution in [3.8, 4) is 0 Å². The molecule has 0 atom stereocenters. The number of para-hydroxylation sites is 2. The first-order valence-corrected chi connectivity index (χ1v) is 17.2. The number of aryl methyl sites for hydroxylation is 2. The van der Waals surface area contributed by atoms with E-state index in [2.05, 4.69) is 127 Å². The number of unbranched alkanes of at least 4 members (excludes halogenated alkanes) is 8. The fourth-order valence-corrected chi connectivity index (χ4v) is 10.6. The number of rotatable bonds is 15. The van der Waals surface area contributed by atoms with Crippen LogP contribution in [0.1, 0.15) is 63.6 Å². The van der Waals surface area contributed by atoms with E-state index in [0.29, 0.717) is 0 Å². The van der Waals surface area contributed by atoms with Crippen LogP contribution in [0.5, 0.6) is 0 Å². The number of hydrogen-bond acceptors (Lipinski definition) is 1. The monoisotopic (exact) mass is 674 g/mol. The van der Waals surface area contributed by atoms with Gasteiger partial charge in [0.25, 0.3) is 0 Å². The Bertz CT molecular complexity index is 1340. The summed E-state index contributed by atoms with van der Waals surface area (Å²) in [6, 6.07) is 42.4. The Labute approximate surface area is 265 Å². The zero-order valence-corrected chi connectivity index (χ0v) is 27.5. The van der Waals surface area contributed by atoms with E-state index in [1.165, 1.54) is 85.4 Å². The highest BCUT2D eigenvalue weighted by Crippen LogP contribution is 2.56. The zero-order valence-electron chi connectivity index (χ0n) is 24.5. The lowest BCUT2D eigenvalue weighted by Crippen LogP contribution is -3.00. The molecule has 4 aromatic carbocycles. The SMILES string of the molecule is Cc1nc2ccccc2n1CCCCCCCCCCC[P+](c1ccccc1)(c1ccccc1)c1ccccc1.[I-]. The highest BCUT2D eigenvalue weighted by molar-refractivity contribution is 7.95. The van der Waals surface area contributed by atoms with E-state index in [-0.39, 0.29) is 24.0 Å². The topological polar surface area (TPSA) is 17.8 Å². The molecule has 0 bridgehead atoms. The summed E-state index contributed by atoms with van der Waals surface area (Å²) in [7, 11) is -1.67. The summed E-state index contributed by atoms with van der Waals surface area (Å²) in [4.78, 5) is 4.71. The van der Waals surface area contributed by atoms with Crippen LogP contribution in [0.2, 0.25) is 0 Å². The van der Waals surface area contributed by atoms with Crippen molar-refractivity contribution in [1.82, 2.24) is 9.55 Å². The van der Waals surface area contributed by atoms with E-state index in [9.17, 15) is 0 Å². The molecule has 0 aliphatic carbocycles. The van der Waals surface area contributed by atoms with Gasteiger partial charge in [-0.15, -0.1) is 0 Å². The molecule has 0 fully saturated rings. The molecular weight excluding hydrogens is 630 g/mol. The Kier molecular flexibility index (Phi) is 12.4. The number of nitrogens with zero attached hydrogens (tertiary/aromatic N) is 2. The van der Waals surface area contributed by atoms with Gasteiger partial charge in [-0.25, -0.2) is 4.98 Å². The maximum absolute atomic E-state index is 4.71. The first-order valence-electron chi connectivity index (χ1n) is 15.3. The van der Waals surface area contributed by atoms with Crippen molar-refractivity contribution >= 4 is 34.2 Å². The number of halogens is 1. The van der Waals surface area contributed by atoms with Crippen molar-refractivity contribution in [2.24, 2.45) is 0 Å². The highest BCUT2D eigenvalue weighted by Gasteiger charge is 2.44. The first-order chi connectivity index (χ1) is 19.8. The molecule has 0 unspecified atom stereocenters. The standard InChI is InChI=1S/C37H44N2P.HI/c1-32-38-36-28-18-19-29-37(36)39(32)30-20-7-5-3-2-4-6-8-21-31-40(33-22-12-9-13-23-33,34-24-14-10-15-25-34)35-26-16-11-17-27-35;/h9-19,22-29H,2-8,20-21,30-31H2,1H3;1H/q+1;/p-1. The fourth-order valence-electron chi connectivity index (χ4n) is 6.22. The molecule has 0 aliphatic heterocycles. The van der Waals surface area contributed by atoms with Crippen molar-refractivity contribution in [3.63, 3.8) is 0 Å². The molecule has 0 spiro atoms. The van der Waals surface area contributed by atoms with Crippen molar-refractivity contribution in [2.45, 2.75) is 71.3 Å². The second-order valence-corrected chi connectivity index (χ2v) is 14.6. The van der Waals surface area contributed by atoms with Crippen molar-refractivity contribution in [2.75, 3.05) is 6.16 Å². The third kappa shape index (κ3) is 7.87. The second kappa shape index (κ2) is 16.2. The lowest BCUT2D eigenvalue weighted by molar-refractivity contribution is -0.00000815. The molecule has 1 heterocycles. The summed E-state index contributed by atoms with van der Waals surface area (Å²) < 4.78 is 2.39. The molecule has 2 nitrogen and oxygen atoms in total. The minimum absolute atomic E-state index is 0. The van der Waals surface area contributed by atoms with Gasteiger partial charge in [0.1, 0.15) is 29.0 Å². The van der Waals surface area contributed by atoms with Gasteiger partial charge in [-0.05, 0) is 74.7 Å². The predicted molar refractivity (Wildman–Crippen MR) is 176 cm³/mol. The maximum Gasteiger partial charge on any atom is 0.112 e. The Hall–Kier alpha value is -2.49. The van der Waals surface area contributed by atoms with Gasteiger partial charge < -0.3 is 28.5 Å². The smallest absolute Gasteiger partial charge is 0.112 e. The molecule has 0 saturated heterocycles. The lowest BCUT2D eigenvalue weighted by atomic mass is 10.1. The van der Waals surface area contributed by atoms with Crippen molar-refractivity contribution in [1.29, 1.82) is 0 Å². The summed E-state index contributed by atoms with van der Waals surface area (Å²) >= 11 is 0. The van der Waals surface area contributed by atoms with E-state index >= 15 is 0 Å². The van der Waals surface area contributed by atoms with E-state index in [1.807, 2.05) is 0 Å². The molecule has 5 rings (SSSR count). The van der Waals surface area contributed by atoms with E-state index in [4.69, 9.17) is 4.98 Å². The van der Waals surface area contributed by atoms with E-state index in [0.717, 1.165) is 17.9 Å². The molecule has 0 radical (unpaired) electrons. The average molecular weight is 675 g/mol. The molecular formula is C37H44IN2P. The van der Waals surface area contributed by atoms with Crippen LogP contribution in [-0.4, -0.2) is 15.7 Å². The number of benzene rings is 4. The molecule has 0 N–H and O–H groups in total. The molecule has 0 amide bonds. The Morgan fingerprint density at radius 3 is 1.44 bits per heavy atom. The summed E-state index contributed by atoms with van der Waals surface area (Å²) in [5.41, 5.74) is 2.40. The van der Waals surface area contributed by atoms with Crippen LogP contribution in [0.4, 0.5) is 0 Å². The second-order valence-electron chi connectivity index (χ2n) is 11.0. The van der Waals surface area contributed by atoms with Gasteiger partial charge in [0.05, 0.1) is 17.2 Å². The predicted octanol–water partition coefficient (Wildman–Crippen LogP) is 5.85. The fraction of sp³-hybridized carbons (Fsp3) is 0.324. The van der Waals surface area contributed by atoms with Crippen LogP contribution in [0, 0.1) is 6.92 Å². The lowest BCUT2D eigenvalue weighted by Gasteiger charge is -2.27. The summed E-state index contributed by atoms with van der Waals surface area (Å²) in [5, 5.41) is 4.52. The van der Waals surface area contributed by atoms with Crippen LogP contribution in [0.25, 0.3) is 11.0 Å². The van der Waals surface area contributed by atoms with E-state index in [1.54, 1.807) is 0 Å². The van der Waals surface area contributed by atoms with E-state index < -0.39 is 7.26 Å². The Morgan fingerprint density at radius 2 is 0.927 bits per heavy atom. The van der Waals surface area contributed by atoms with Gasteiger partial charge in [0, 0.05) is 6.54 Å². The van der Waals surface area contributed by atoms with Gasteiger partial charge in [-0.1, -0.05) is 105 Å². The molecule has 0 aliphatic rings. The maximum atomic E-state index is 4.71. The summed E-state index contributed by atoms with van der Waals surface area (Å²) in [5.74, 6) is 1.14. The van der Waals surface area contributed by atoms with Crippen molar-refractivity contribution in [3.05, 3.63) is 121 Å². The quantitative estimate of drug-likeness (QED) is 0.0775. The molecule has 214 valence electrons. The van der Waals surface area contributed by atoms with Gasteiger partial charge in [-0.3, -0.25) is 0 Å². The van der Waals surface area contributed by atoms with Crippen molar-refractivity contribution < 1.29 is 24.0 Å². The third-order valence-corrected chi connectivity index (χ3v) is 12.8. The number of imidazole rings is 1. The Balaban J connectivity index is 0.00000387. The summed E-state index contributed by atoms with van der Waals surface area (Å²) in [6.45, 7) is 3.22. The number of hydrogen-bond donors (Lipinski definition) is 0. The van der Waals surface area contributed by atoms with Gasteiger partial charge in [-0.2, -0.15) is 0 Å². The largest absolute Gasteiger partial charge is 1.00 e. The van der Waals surface area contributed by atoms with Gasteiger partial charge >= 0.3 is 0 Å². The number of fused-ring (bicyclic) bond motifs is 1. The van der Waals surface area contributed by atoms with Gasteiger partial charge in [0.2, 0.25) is 0 Å². The van der Waals surface area contributed by atoms with Gasteiger partial charge in [0.15, 0.2) is 0 Å².